The van der Waals surface area contributed by atoms with Gasteiger partial charge in [-0.3, -0.25) is 4.90 Å². The molecule has 1 N–H and O–H groups in total. The van der Waals surface area contributed by atoms with Crippen molar-refractivity contribution in [3.63, 3.8) is 0 Å². The fourth-order valence-corrected chi connectivity index (χ4v) is 3.42. The van der Waals surface area contributed by atoms with Crippen molar-refractivity contribution in [1.29, 1.82) is 0 Å². The van der Waals surface area contributed by atoms with E-state index in [-0.39, 0.29) is 0 Å². The van der Waals surface area contributed by atoms with Gasteiger partial charge >= 0.3 is 0 Å². The molecule has 1 aliphatic heterocycles. The van der Waals surface area contributed by atoms with E-state index in [0.717, 1.165) is 30.1 Å². The smallest absolute Gasteiger partial charge is 0.153 e. The van der Waals surface area contributed by atoms with Crippen molar-refractivity contribution in [2.45, 2.75) is 58.7 Å². The first-order chi connectivity index (χ1) is 10.6. The molecule has 0 bridgehead atoms. The minimum atomic E-state index is 0.327. The molecule has 120 valence electrons. The summed E-state index contributed by atoms with van der Waals surface area (Å²) in [6, 6.07) is 5.70. The van der Waals surface area contributed by atoms with E-state index >= 15 is 0 Å². The van der Waals surface area contributed by atoms with Crippen LogP contribution in [0.3, 0.4) is 0 Å². The Kier molecular flexibility index (Phi) is 4.45. The minimum absolute atomic E-state index is 0.327. The number of imidazole rings is 1. The monoisotopic (exact) mass is 301 g/mol. The molecule has 0 aliphatic carbocycles. The SMILES string of the molecule is CC[C@H]1CN(C(C)c2ccc3nc(C)cn3n2)[C@H](CC)CN1. The van der Waals surface area contributed by atoms with Gasteiger partial charge in [0.1, 0.15) is 0 Å². The standard InChI is InChI=1S/C17H27N5/c1-5-14-11-21(15(6-2)9-18-14)13(4)16-7-8-17-19-12(3)10-22(17)20-16/h7-8,10,13-15,18H,5-6,9,11H2,1-4H3/t13?,14-,15+/m0/s1. The number of nitrogens with one attached hydrogen (secondary N) is 1. The summed E-state index contributed by atoms with van der Waals surface area (Å²) in [7, 11) is 0. The highest BCUT2D eigenvalue weighted by Crippen LogP contribution is 2.25. The van der Waals surface area contributed by atoms with Crippen LogP contribution in [0.15, 0.2) is 18.3 Å². The molecule has 5 nitrogen and oxygen atoms in total. The molecule has 0 amide bonds. The molecule has 1 saturated heterocycles. The summed E-state index contributed by atoms with van der Waals surface area (Å²) in [5.41, 5.74) is 3.06. The summed E-state index contributed by atoms with van der Waals surface area (Å²) in [5.74, 6) is 0. The van der Waals surface area contributed by atoms with Crippen LogP contribution < -0.4 is 5.32 Å². The number of rotatable bonds is 4. The van der Waals surface area contributed by atoms with E-state index in [0.29, 0.717) is 18.1 Å². The first-order valence-electron chi connectivity index (χ1n) is 8.44. The average Bonchev–Trinajstić information content (AvgIpc) is 2.92. The van der Waals surface area contributed by atoms with Crippen LogP contribution in [-0.2, 0) is 0 Å². The molecular formula is C17H27N5. The zero-order chi connectivity index (χ0) is 15.7. The number of aryl methyl sites for hydroxylation is 1. The maximum absolute atomic E-state index is 4.78. The molecule has 1 unspecified atom stereocenters. The van der Waals surface area contributed by atoms with E-state index < -0.39 is 0 Å². The number of aromatic nitrogens is 3. The fourth-order valence-electron chi connectivity index (χ4n) is 3.42. The van der Waals surface area contributed by atoms with E-state index in [9.17, 15) is 0 Å². The quantitative estimate of drug-likeness (QED) is 0.943. The van der Waals surface area contributed by atoms with E-state index in [2.05, 4.69) is 48.1 Å². The van der Waals surface area contributed by atoms with Crippen molar-refractivity contribution < 1.29 is 0 Å². The molecule has 1 fully saturated rings. The Labute approximate surface area is 132 Å². The van der Waals surface area contributed by atoms with Gasteiger partial charge in [0.15, 0.2) is 5.65 Å². The van der Waals surface area contributed by atoms with Crippen molar-refractivity contribution in [2.24, 2.45) is 0 Å². The van der Waals surface area contributed by atoms with Crippen LogP contribution in [-0.4, -0.2) is 44.7 Å². The van der Waals surface area contributed by atoms with Gasteiger partial charge in [-0.25, -0.2) is 9.50 Å². The topological polar surface area (TPSA) is 45.5 Å². The van der Waals surface area contributed by atoms with E-state index in [1.54, 1.807) is 0 Å². The van der Waals surface area contributed by atoms with Gasteiger partial charge in [0.25, 0.3) is 0 Å². The number of nitrogens with zero attached hydrogens (tertiary/aromatic N) is 4. The molecule has 0 spiro atoms. The lowest BCUT2D eigenvalue weighted by Crippen LogP contribution is -2.56. The Hall–Kier alpha value is -1.46. The lowest BCUT2D eigenvalue weighted by molar-refractivity contribution is 0.0827. The third kappa shape index (κ3) is 2.88. The van der Waals surface area contributed by atoms with Crippen LogP contribution in [0.1, 0.15) is 51.0 Å². The summed E-state index contributed by atoms with van der Waals surface area (Å²) in [4.78, 5) is 7.07. The molecule has 3 heterocycles. The summed E-state index contributed by atoms with van der Waals surface area (Å²) in [5, 5.41) is 8.44. The summed E-state index contributed by atoms with van der Waals surface area (Å²) < 4.78 is 1.90. The minimum Gasteiger partial charge on any atom is -0.311 e. The lowest BCUT2D eigenvalue weighted by Gasteiger charge is -2.43. The van der Waals surface area contributed by atoms with Crippen molar-refractivity contribution >= 4 is 5.65 Å². The van der Waals surface area contributed by atoms with Crippen LogP contribution in [0.5, 0.6) is 0 Å². The molecule has 0 aromatic carbocycles. The molecule has 3 atom stereocenters. The third-order valence-electron chi connectivity index (χ3n) is 4.89. The summed E-state index contributed by atoms with van der Waals surface area (Å²) in [6.07, 6.45) is 4.34. The molecule has 0 radical (unpaired) electrons. The second-order valence-electron chi connectivity index (χ2n) is 6.39. The largest absolute Gasteiger partial charge is 0.311 e. The van der Waals surface area contributed by atoms with Crippen molar-refractivity contribution in [3.05, 3.63) is 29.7 Å². The van der Waals surface area contributed by atoms with Gasteiger partial charge in [-0.05, 0) is 38.8 Å². The lowest BCUT2D eigenvalue weighted by atomic mass is 10.0. The Morgan fingerprint density at radius 1 is 1.32 bits per heavy atom. The van der Waals surface area contributed by atoms with E-state index in [4.69, 9.17) is 5.10 Å². The first-order valence-corrected chi connectivity index (χ1v) is 8.44. The number of piperazine rings is 1. The number of hydrogen-bond donors (Lipinski definition) is 1. The maximum atomic E-state index is 4.78. The number of hydrogen-bond acceptors (Lipinski definition) is 4. The van der Waals surface area contributed by atoms with Crippen molar-refractivity contribution in [3.8, 4) is 0 Å². The molecular weight excluding hydrogens is 274 g/mol. The summed E-state index contributed by atoms with van der Waals surface area (Å²) in [6.45, 7) is 11.0. The molecule has 1 aliphatic rings. The van der Waals surface area contributed by atoms with Crippen LogP contribution in [0.2, 0.25) is 0 Å². The third-order valence-corrected chi connectivity index (χ3v) is 4.89. The zero-order valence-corrected chi connectivity index (χ0v) is 14.1. The zero-order valence-electron chi connectivity index (χ0n) is 14.1. The number of fused-ring (bicyclic) bond motifs is 1. The maximum Gasteiger partial charge on any atom is 0.153 e. The van der Waals surface area contributed by atoms with Gasteiger partial charge in [-0.2, -0.15) is 5.10 Å². The Morgan fingerprint density at radius 3 is 2.86 bits per heavy atom. The Balaban J connectivity index is 1.86. The van der Waals surface area contributed by atoms with Gasteiger partial charge in [-0.15, -0.1) is 0 Å². The second kappa shape index (κ2) is 6.34. The van der Waals surface area contributed by atoms with E-state index in [1.165, 1.54) is 12.8 Å². The van der Waals surface area contributed by atoms with Gasteiger partial charge in [0.05, 0.1) is 23.6 Å². The van der Waals surface area contributed by atoms with Crippen LogP contribution in [0.25, 0.3) is 5.65 Å². The van der Waals surface area contributed by atoms with Gasteiger partial charge in [0.2, 0.25) is 0 Å². The average molecular weight is 301 g/mol. The normalized spacial score (nSPS) is 24.7. The molecule has 22 heavy (non-hydrogen) atoms. The van der Waals surface area contributed by atoms with Crippen LogP contribution >= 0.6 is 0 Å². The van der Waals surface area contributed by atoms with Gasteiger partial charge in [-0.1, -0.05) is 13.8 Å². The highest BCUT2D eigenvalue weighted by Gasteiger charge is 2.30. The van der Waals surface area contributed by atoms with Crippen molar-refractivity contribution in [1.82, 2.24) is 24.8 Å². The van der Waals surface area contributed by atoms with Crippen molar-refractivity contribution in [2.75, 3.05) is 13.1 Å². The molecule has 2 aromatic rings. The van der Waals surface area contributed by atoms with Crippen LogP contribution in [0, 0.1) is 6.92 Å². The fraction of sp³-hybridized carbons (Fsp3) is 0.647. The molecule has 0 saturated carbocycles. The highest BCUT2D eigenvalue weighted by molar-refractivity contribution is 5.38. The molecule has 5 heteroatoms. The van der Waals surface area contributed by atoms with Gasteiger partial charge in [0, 0.05) is 25.2 Å². The molecule has 3 rings (SSSR count). The predicted octanol–water partition coefficient (Wildman–Crippen LogP) is 2.56. The summed E-state index contributed by atoms with van der Waals surface area (Å²) >= 11 is 0. The molecule has 2 aromatic heterocycles. The first kappa shape index (κ1) is 15.4. The van der Waals surface area contributed by atoms with Crippen LogP contribution in [0.4, 0.5) is 0 Å². The van der Waals surface area contributed by atoms with E-state index in [1.807, 2.05) is 17.6 Å². The van der Waals surface area contributed by atoms with Gasteiger partial charge < -0.3 is 5.32 Å². The predicted molar refractivity (Wildman–Crippen MR) is 89.0 cm³/mol. The second-order valence-corrected chi connectivity index (χ2v) is 6.39. The Morgan fingerprint density at radius 2 is 2.14 bits per heavy atom. The Bertz CT molecular complexity index is 635. The highest BCUT2D eigenvalue weighted by atomic mass is 15.3.